The number of hydrogen-bond acceptors (Lipinski definition) is 5. The van der Waals surface area contributed by atoms with Gasteiger partial charge in [0.2, 0.25) is 0 Å². The van der Waals surface area contributed by atoms with Crippen LogP contribution in [0.4, 0.5) is 5.69 Å². The molecule has 0 aliphatic heterocycles. The third kappa shape index (κ3) is 2.55. The van der Waals surface area contributed by atoms with Crippen LogP contribution in [-0.4, -0.2) is 12.1 Å². The Morgan fingerprint density at radius 2 is 2.12 bits per heavy atom. The number of methoxy groups -OCH3 is 1. The molecule has 0 fully saturated rings. The summed E-state index contributed by atoms with van der Waals surface area (Å²) in [5.41, 5.74) is 7.47. The lowest BCUT2D eigenvalue weighted by molar-refractivity contribution is 0.413. The lowest BCUT2D eigenvalue weighted by Crippen LogP contribution is -1.90. The molecule has 0 atom stereocenters. The number of anilines is 1. The standard InChI is InChI=1S/C12H14N2O2S/c1-7-8(2)16-12(14-7)17-11-6-9(15-3)4-5-10(11)13/h4-6H,13H2,1-3H3. The molecule has 0 saturated carbocycles. The van der Waals surface area contributed by atoms with E-state index < -0.39 is 0 Å². The van der Waals surface area contributed by atoms with E-state index in [4.69, 9.17) is 14.9 Å². The average Bonchev–Trinajstić information content (AvgIpc) is 2.61. The van der Waals surface area contributed by atoms with Gasteiger partial charge in [-0.2, -0.15) is 0 Å². The van der Waals surface area contributed by atoms with Crippen LogP contribution in [0.1, 0.15) is 11.5 Å². The van der Waals surface area contributed by atoms with Gasteiger partial charge >= 0.3 is 0 Å². The molecule has 0 aliphatic carbocycles. The summed E-state index contributed by atoms with van der Waals surface area (Å²) in [5.74, 6) is 1.59. The lowest BCUT2D eigenvalue weighted by atomic mass is 10.3. The van der Waals surface area contributed by atoms with Crippen molar-refractivity contribution in [2.24, 2.45) is 0 Å². The first-order valence-electron chi connectivity index (χ1n) is 5.15. The van der Waals surface area contributed by atoms with E-state index in [-0.39, 0.29) is 0 Å². The predicted molar refractivity (Wildman–Crippen MR) is 67.5 cm³/mol. The van der Waals surface area contributed by atoms with E-state index >= 15 is 0 Å². The second-order valence-electron chi connectivity index (χ2n) is 3.63. The van der Waals surface area contributed by atoms with Gasteiger partial charge < -0.3 is 14.9 Å². The number of aromatic nitrogens is 1. The fraction of sp³-hybridized carbons (Fsp3) is 0.250. The van der Waals surface area contributed by atoms with Gasteiger partial charge in [0, 0.05) is 10.6 Å². The third-order valence-corrected chi connectivity index (χ3v) is 3.35. The minimum Gasteiger partial charge on any atom is -0.497 e. The van der Waals surface area contributed by atoms with Crippen LogP contribution in [0, 0.1) is 13.8 Å². The smallest absolute Gasteiger partial charge is 0.261 e. The number of oxazole rings is 1. The molecule has 1 aromatic carbocycles. The maximum absolute atomic E-state index is 5.89. The van der Waals surface area contributed by atoms with Crippen LogP contribution in [0.15, 0.2) is 32.7 Å². The van der Waals surface area contributed by atoms with Crippen molar-refractivity contribution in [2.45, 2.75) is 24.0 Å². The first kappa shape index (κ1) is 11.9. The molecule has 0 aliphatic rings. The minimum atomic E-state index is 0.597. The summed E-state index contributed by atoms with van der Waals surface area (Å²) in [6.07, 6.45) is 0. The molecule has 1 heterocycles. The van der Waals surface area contributed by atoms with Gasteiger partial charge in [-0.1, -0.05) is 0 Å². The van der Waals surface area contributed by atoms with Gasteiger partial charge in [0.25, 0.3) is 5.22 Å². The number of ether oxygens (including phenoxy) is 1. The molecule has 5 heteroatoms. The van der Waals surface area contributed by atoms with Crippen molar-refractivity contribution in [3.05, 3.63) is 29.7 Å². The van der Waals surface area contributed by atoms with E-state index in [9.17, 15) is 0 Å². The maximum Gasteiger partial charge on any atom is 0.261 e. The second kappa shape index (κ2) is 4.71. The predicted octanol–water partition coefficient (Wildman–Crippen LogP) is 3.03. The van der Waals surface area contributed by atoms with Gasteiger partial charge in [0.15, 0.2) is 0 Å². The average molecular weight is 250 g/mol. The van der Waals surface area contributed by atoms with Gasteiger partial charge in [-0.25, -0.2) is 4.98 Å². The molecule has 0 radical (unpaired) electrons. The summed E-state index contributed by atoms with van der Waals surface area (Å²) in [6.45, 7) is 3.80. The SMILES string of the molecule is COc1ccc(N)c(Sc2nc(C)c(C)o2)c1. The van der Waals surface area contributed by atoms with Crippen molar-refractivity contribution in [3.63, 3.8) is 0 Å². The Labute approximate surface area is 104 Å². The molecular weight excluding hydrogens is 236 g/mol. The normalized spacial score (nSPS) is 10.5. The molecule has 0 spiro atoms. The number of nitrogen functional groups attached to an aromatic ring is 1. The summed E-state index contributed by atoms with van der Waals surface area (Å²) in [4.78, 5) is 5.18. The van der Waals surface area contributed by atoms with Crippen LogP contribution in [0.25, 0.3) is 0 Å². The molecule has 0 amide bonds. The largest absolute Gasteiger partial charge is 0.497 e. The number of rotatable bonds is 3. The van der Waals surface area contributed by atoms with Crippen LogP contribution in [0.3, 0.4) is 0 Å². The Morgan fingerprint density at radius 1 is 1.35 bits per heavy atom. The summed E-state index contributed by atoms with van der Waals surface area (Å²) in [5, 5.41) is 0.597. The van der Waals surface area contributed by atoms with E-state index in [1.807, 2.05) is 32.0 Å². The molecule has 2 N–H and O–H groups in total. The quantitative estimate of drug-likeness (QED) is 0.848. The Hall–Kier alpha value is -1.62. The molecule has 0 unspecified atom stereocenters. The fourth-order valence-electron chi connectivity index (χ4n) is 1.31. The van der Waals surface area contributed by atoms with Crippen molar-refractivity contribution in [1.29, 1.82) is 0 Å². The van der Waals surface area contributed by atoms with Gasteiger partial charge in [0.05, 0.1) is 12.8 Å². The van der Waals surface area contributed by atoms with Crippen molar-refractivity contribution in [1.82, 2.24) is 4.98 Å². The Bertz CT molecular complexity index is 518. The third-order valence-electron chi connectivity index (χ3n) is 2.43. The van der Waals surface area contributed by atoms with Crippen LogP contribution >= 0.6 is 11.8 Å². The van der Waals surface area contributed by atoms with Crippen molar-refractivity contribution >= 4 is 17.4 Å². The van der Waals surface area contributed by atoms with Crippen LogP contribution in [-0.2, 0) is 0 Å². The molecular formula is C12H14N2O2S. The highest BCUT2D eigenvalue weighted by atomic mass is 32.2. The van der Waals surface area contributed by atoms with Crippen LogP contribution < -0.4 is 10.5 Å². The highest BCUT2D eigenvalue weighted by Gasteiger charge is 2.10. The summed E-state index contributed by atoms with van der Waals surface area (Å²) in [7, 11) is 1.62. The van der Waals surface area contributed by atoms with Crippen molar-refractivity contribution in [2.75, 3.05) is 12.8 Å². The zero-order valence-electron chi connectivity index (χ0n) is 9.98. The Morgan fingerprint density at radius 3 is 2.71 bits per heavy atom. The number of hydrogen-bond donors (Lipinski definition) is 1. The highest BCUT2D eigenvalue weighted by Crippen LogP contribution is 2.34. The lowest BCUT2D eigenvalue weighted by Gasteiger charge is -2.05. The van der Waals surface area contributed by atoms with Gasteiger partial charge in [0.1, 0.15) is 11.5 Å². The van der Waals surface area contributed by atoms with E-state index in [0.29, 0.717) is 10.9 Å². The summed E-state index contributed by atoms with van der Waals surface area (Å²) in [6, 6.07) is 5.50. The van der Waals surface area contributed by atoms with E-state index in [0.717, 1.165) is 22.1 Å². The summed E-state index contributed by atoms with van der Waals surface area (Å²) >= 11 is 1.40. The topological polar surface area (TPSA) is 61.3 Å². The molecule has 17 heavy (non-hydrogen) atoms. The van der Waals surface area contributed by atoms with Crippen molar-refractivity contribution in [3.8, 4) is 5.75 Å². The Balaban J connectivity index is 2.28. The van der Waals surface area contributed by atoms with Crippen LogP contribution in [0.5, 0.6) is 5.75 Å². The summed E-state index contributed by atoms with van der Waals surface area (Å²) < 4.78 is 10.7. The van der Waals surface area contributed by atoms with E-state index in [1.165, 1.54) is 11.8 Å². The maximum atomic E-state index is 5.89. The first-order valence-corrected chi connectivity index (χ1v) is 5.97. The zero-order chi connectivity index (χ0) is 12.4. The molecule has 0 bridgehead atoms. The Kier molecular flexibility index (Phi) is 3.28. The van der Waals surface area contributed by atoms with Crippen LogP contribution in [0.2, 0.25) is 0 Å². The number of nitrogens with two attached hydrogens (primary N) is 1. The molecule has 2 rings (SSSR count). The second-order valence-corrected chi connectivity index (χ2v) is 4.62. The molecule has 2 aromatic rings. The number of nitrogens with zero attached hydrogens (tertiary/aromatic N) is 1. The fourth-order valence-corrected chi connectivity index (χ4v) is 2.21. The van der Waals surface area contributed by atoms with Gasteiger partial charge in [-0.3, -0.25) is 0 Å². The number of benzene rings is 1. The molecule has 1 aromatic heterocycles. The van der Waals surface area contributed by atoms with Crippen molar-refractivity contribution < 1.29 is 9.15 Å². The van der Waals surface area contributed by atoms with E-state index in [2.05, 4.69) is 4.98 Å². The highest BCUT2D eigenvalue weighted by molar-refractivity contribution is 7.99. The molecule has 0 saturated heterocycles. The zero-order valence-corrected chi connectivity index (χ0v) is 10.8. The molecule has 90 valence electrons. The van der Waals surface area contributed by atoms with Gasteiger partial charge in [-0.15, -0.1) is 0 Å². The minimum absolute atomic E-state index is 0.597. The van der Waals surface area contributed by atoms with E-state index in [1.54, 1.807) is 7.11 Å². The van der Waals surface area contributed by atoms with Gasteiger partial charge in [-0.05, 0) is 43.8 Å². The molecule has 4 nitrogen and oxygen atoms in total. The first-order chi connectivity index (χ1) is 8.10. The number of aryl methyl sites for hydroxylation is 2. The monoisotopic (exact) mass is 250 g/mol.